The largest absolute Gasteiger partial charge is 0.375 e. The molecule has 0 saturated heterocycles. The molecular formula is C11H22N4O2S2. The first kappa shape index (κ1) is 16.4. The topological polar surface area (TPSA) is 88.3 Å². The average molecular weight is 306 g/mol. The van der Waals surface area contributed by atoms with Gasteiger partial charge in [0.25, 0.3) is 10.0 Å². The van der Waals surface area contributed by atoms with Crippen molar-refractivity contribution in [2.45, 2.75) is 31.0 Å². The van der Waals surface area contributed by atoms with Crippen LogP contribution in [0.3, 0.4) is 0 Å². The molecule has 0 aromatic carbocycles. The summed E-state index contributed by atoms with van der Waals surface area (Å²) in [6.07, 6.45) is 0. The fraction of sp³-hybridized carbons (Fsp3) is 0.727. The smallest absolute Gasteiger partial charge is 0.252 e. The van der Waals surface area contributed by atoms with E-state index in [0.29, 0.717) is 12.2 Å². The van der Waals surface area contributed by atoms with E-state index in [1.807, 2.05) is 32.8 Å². The quantitative estimate of drug-likeness (QED) is 0.815. The first-order chi connectivity index (χ1) is 8.63. The van der Waals surface area contributed by atoms with Crippen molar-refractivity contribution in [3.8, 4) is 0 Å². The molecule has 1 heterocycles. The van der Waals surface area contributed by atoms with Crippen LogP contribution in [0.1, 0.15) is 19.5 Å². The van der Waals surface area contributed by atoms with Gasteiger partial charge in [-0.3, -0.25) is 0 Å². The summed E-state index contributed by atoms with van der Waals surface area (Å²) in [5, 5.41) is 0.270. The minimum absolute atomic E-state index is 0.150. The van der Waals surface area contributed by atoms with E-state index in [2.05, 4.69) is 9.71 Å². The van der Waals surface area contributed by atoms with Crippen molar-refractivity contribution < 1.29 is 8.42 Å². The van der Waals surface area contributed by atoms with Crippen molar-refractivity contribution in [2.24, 2.45) is 5.92 Å². The lowest BCUT2D eigenvalue weighted by atomic mass is 10.1. The number of nitrogens with zero attached hydrogens (tertiary/aromatic N) is 2. The summed E-state index contributed by atoms with van der Waals surface area (Å²) in [5.41, 5.74) is 6.00. The highest BCUT2D eigenvalue weighted by Crippen LogP contribution is 2.25. The summed E-state index contributed by atoms with van der Waals surface area (Å²) < 4.78 is 27.6. The van der Waals surface area contributed by atoms with Gasteiger partial charge in [0, 0.05) is 12.6 Å². The average Bonchev–Trinajstić information content (AvgIpc) is 2.56. The maximum absolute atomic E-state index is 12.3. The first-order valence-corrected chi connectivity index (χ1v) is 8.33. The number of likely N-dealkylation sites (N-methyl/N-ethyl adjacent to an activating group) is 1. The lowest BCUT2D eigenvalue weighted by Crippen LogP contribution is -2.44. The molecule has 1 atom stereocenters. The van der Waals surface area contributed by atoms with Gasteiger partial charge in [0.05, 0.1) is 5.69 Å². The van der Waals surface area contributed by atoms with Gasteiger partial charge in [0.1, 0.15) is 0 Å². The van der Waals surface area contributed by atoms with Crippen LogP contribution < -0.4 is 10.5 Å². The summed E-state index contributed by atoms with van der Waals surface area (Å²) >= 11 is 0.996. The Morgan fingerprint density at radius 2 is 2.00 bits per heavy atom. The second-order valence-corrected chi connectivity index (χ2v) is 8.10. The predicted octanol–water partition coefficient (Wildman–Crippen LogP) is 0.898. The van der Waals surface area contributed by atoms with Crippen LogP contribution in [0.2, 0.25) is 0 Å². The van der Waals surface area contributed by atoms with Crippen LogP contribution in [0, 0.1) is 12.8 Å². The fourth-order valence-corrected chi connectivity index (χ4v) is 4.37. The number of nitrogens with one attached hydrogen (secondary N) is 1. The molecule has 8 heteroatoms. The van der Waals surface area contributed by atoms with E-state index in [4.69, 9.17) is 5.73 Å². The number of anilines is 1. The van der Waals surface area contributed by atoms with Gasteiger partial charge in [-0.25, -0.2) is 18.1 Å². The van der Waals surface area contributed by atoms with Gasteiger partial charge in [-0.05, 0) is 26.9 Å². The van der Waals surface area contributed by atoms with Crippen LogP contribution >= 0.6 is 11.3 Å². The molecule has 3 N–H and O–H groups in total. The highest BCUT2D eigenvalue weighted by atomic mass is 32.2. The number of nitrogens with two attached hydrogens (primary N) is 1. The van der Waals surface area contributed by atoms with Crippen LogP contribution in [0.5, 0.6) is 0 Å². The van der Waals surface area contributed by atoms with Gasteiger partial charge in [-0.1, -0.05) is 25.2 Å². The molecule has 1 rings (SSSR count). The zero-order valence-corrected chi connectivity index (χ0v) is 13.6. The molecule has 1 aromatic heterocycles. The van der Waals surface area contributed by atoms with E-state index in [9.17, 15) is 8.42 Å². The predicted molar refractivity (Wildman–Crippen MR) is 78.8 cm³/mol. The van der Waals surface area contributed by atoms with Crippen LogP contribution in [-0.2, 0) is 10.0 Å². The van der Waals surface area contributed by atoms with E-state index in [1.165, 1.54) is 0 Å². The molecule has 0 bridgehead atoms. The normalized spacial score (nSPS) is 14.3. The zero-order valence-electron chi connectivity index (χ0n) is 12.0. The molecule has 0 radical (unpaired) electrons. The fourth-order valence-electron chi connectivity index (χ4n) is 1.68. The Hall–Kier alpha value is -0.700. The van der Waals surface area contributed by atoms with Gasteiger partial charge in [-0.2, -0.15) is 0 Å². The zero-order chi connectivity index (χ0) is 14.8. The molecule has 0 amide bonds. The maximum atomic E-state index is 12.3. The van der Waals surface area contributed by atoms with E-state index in [-0.39, 0.29) is 21.3 Å². The minimum atomic E-state index is -3.56. The third kappa shape index (κ3) is 4.41. The number of thiazole rings is 1. The van der Waals surface area contributed by atoms with Gasteiger partial charge in [0.15, 0.2) is 9.34 Å². The van der Waals surface area contributed by atoms with Crippen molar-refractivity contribution in [2.75, 3.05) is 26.4 Å². The maximum Gasteiger partial charge on any atom is 0.252 e. The van der Waals surface area contributed by atoms with Crippen LogP contribution in [0.4, 0.5) is 5.13 Å². The lowest BCUT2D eigenvalue weighted by Gasteiger charge is -2.25. The molecule has 19 heavy (non-hydrogen) atoms. The van der Waals surface area contributed by atoms with Crippen molar-refractivity contribution in [1.29, 1.82) is 0 Å². The molecule has 110 valence electrons. The Morgan fingerprint density at radius 3 is 2.37 bits per heavy atom. The van der Waals surface area contributed by atoms with Gasteiger partial charge < -0.3 is 10.6 Å². The van der Waals surface area contributed by atoms with Crippen LogP contribution in [-0.4, -0.2) is 45.0 Å². The third-order valence-corrected chi connectivity index (χ3v) is 5.77. The number of nitrogen functional groups attached to an aromatic ring is 1. The van der Waals surface area contributed by atoms with E-state index in [1.54, 1.807) is 6.92 Å². The molecule has 0 saturated carbocycles. The molecule has 0 aliphatic carbocycles. The molecule has 1 aromatic rings. The Balaban J connectivity index is 2.97. The molecule has 0 spiro atoms. The Kier molecular flexibility index (Phi) is 5.31. The van der Waals surface area contributed by atoms with Crippen molar-refractivity contribution >= 4 is 26.5 Å². The second-order valence-electron chi connectivity index (χ2n) is 5.16. The third-order valence-electron chi connectivity index (χ3n) is 2.69. The van der Waals surface area contributed by atoms with Gasteiger partial charge >= 0.3 is 0 Å². The number of hydrogen-bond acceptors (Lipinski definition) is 6. The Bertz CT molecular complexity index is 523. The Labute approximate surface area is 119 Å². The Morgan fingerprint density at radius 1 is 1.42 bits per heavy atom. The summed E-state index contributed by atoms with van der Waals surface area (Å²) in [6, 6.07) is -0.150. The van der Waals surface area contributed by atoms with Crippen LogP contribution in [0.25, 0.3) is 0 Å². The number of aromatic nitrogens is 1. The van der Waals surface area contributed by atoms with Crippen molar-refractivity contribution in [3.05, 3.63) is 5.69 Å². The second kappa shape index (κ2) is 6.17. The van der Waals surface area contributed by atoms with Crippen molar-refractivity contribution in [1.82, 2.24) is 14.6 Å². The number of aryl methyl sites for hydroxylation is 1. The van der Waals surface area contributed by atoms with E-state index in [0.717, 1.165) is 11.3 Å². The SMILES string of the molecule is Cc1nc(N)sc1S(=O)(=O)NC(CN(C)C)C(C)C. The minimum Gasteiger partial charge on any atom is -0.375 e. The summed E-state index contributed by atoms with van der Waals surface area (Å²) in [7, 11) is 0.272. The molecule has 0 aliphatic heterocycles. The molecule has 0 aliphatic rings. The monoisotopic (exact) mass is 306 g/mol. The standard InChI is InChI=1S/C11H22N4O2S2/c1-7(2)9(6-15(4)5)14-19(16,17)10-8(3)13-11(12)18-10/h7,9,14H,6H2,1-5H3,(H2,12,13). The van der Waals surface area contributed by atoms with E-state index >= 15 is 0 Å². The van der Waals surface area contributed by atoms with Gasteiger partial charge in [0.2, 0.25) is 0 Å². The number of rotatable bonds is 6. The van der Waals surface area contributed by atoms with Crippen molar-refractivity contribution in [3.63, 3.8) is 0 Å². The molecule has 0 fully saturated rings. The molecule has 6 nitrogen and oxygen atoms in total. The summed E-state index contributed by atoms with van der Waals surface area (Å²) in [4.78, 5) is 5.92. The van der Waals surface area contributed by atoms with Gasteiger partial charge in [-0.15, -0.1) is 0 Å². The lowest BCUT2D eigenvalue weighted by molar-refractivity contribution is 0.314. The number of hydrogen-bond donors (Lipinski definition) is 2. The summed E-state index contributed by atoms with van der Waals surface area (Å²) in [6.45, 7) is 6.27. The molecular weight excluding hydrogens is 284 g/mol. The van der Waals surface area contributed by atoms with E-state index < -0.39 is 10.0 Å². The highest BCUT2D eigenvalue weighted by Gasteiger charge is 2.26. The highest BCUT2D eigenvalue weighted by molar-refractivity contribution is 7.91. The summed E-state index contributed by atoms with van der Waals surface area (Å²) in [5.74, 6) is 0.197. The first-order valence-electron chi connectivity index (χ1n) is 6.03. The number of sulfonamides is 1. The molecule has 1 unspecified atom stereocenters. The van der Waals surface area contributed by atoms with Crippen LogP contribution in [0.15, 0.2) is 4.21 Å².